The molecule has 1 amide bonds. The van der Waals surface area contributed by atoms with E-state index < -0.39 is 23.8 Å². The molecular formula is C13H14Cl2FNO3. The zero-order chi connectivity index (χ0) is 15.3. The Morgan fingerprint density at radius 2 is 2.00 bits per heavy atom. The summed E-state index contributed by atoms with van der Waals surface area (Å²) < 4.78 is 18.2. The summed E-state index contributed by atoms with van der Waals surface area (Å²) in [7, 11) is 0. The van der Waals surface area contributed by atoms with Gasteiger partial charge in [-0.2, -0.15) is 0 Å². The lowest BCUT2D eigenvalue weighted by atomic mass is 10.2. The SMILES string of the molecule is CCCNC(=O)[C@H](C)OC(=O)c1cc(F)c(Cl)cc1Cl. The number of ether oxygens (including phenoxy) is 1. The fraction of sp³-hybridized carbons (Fsp3) is 0.385. The first-order valence-electron chi connectivity index (χ1n) is 6.00. The third kappa shape index (κ3) is 4.35. The summed E-state index contributed by atoms with van der Waals surface area (Å²) in [6, 6.07) is 1.99. The van der Waals surface area contributed by atoms with E-state index in [2.05, 4.69) is 5.32 Å². The second-order valence-electron chi connectivity index (χ2n) is 4.08. The van der Waals surface area contributed by atoms with Crippen LogP contribution in [0.15, 0.2) is 12.1 Å². The number of hydrogen-bond acceptors (Lipinski definition) is 3. The molecule has 0 spiro atoms. The van der Waals surface area contributed by atoms with Gasteiger partial charge in [-0.1, -0.05) is 30.1 Å². The van der Waals surface area contributed by atoms with Gasteiger partial charge in [-0.05, 0) is 25.5 Å². The standard InChI is InChI=1S/C13H14Cl2FNO3/c1-3-4-17-12(18)7(2)20-13(19)8-5-11(16)10(15)6-9(8)14/h5-7H,3-4H2,1-2H3,(H,17,18)/t7-/m0/s1. The van der Waals surface area contributed by atoms with Crippen LogP contribution in [0.2, 0.25) is 10.0 Å². The number of halogens is 3. The van der Waals surface area contributed by atoms with Gasteiger partial charge in [-0.15, -0.1) is 0 Å². The Kier molecular flexibility index (Phi) is 6.23. The Hall–Kier alpha value is -1.33. The number of carbonyl (C=O) groups excluding carboxylic acids is 2. The number of carbonyl (C=O) groups is 2. The molecule has 0 aliphatic heterocycles. The Morgan fingerprint density at radius 1 is 1.35 bits per heavy atom. The Morgan fingerprint density at radius 3 is 2.60 bits per heavy atom. The molecule has 110 valence electrons. The van der Waals surface area contributed by atoms with Gasteiger partial charge >= 0.3 is 5.97 Å². The van der Waals surface area contributed by atoms with Crippen LogP contribution < -0.4 is 5.32 Å². The largest absolute Gasteiger partial charge is 0.449 e. The van der Waals surface area contributed by atoms with E-state index in [4.69, 9.17) is 27.9 Å². The highest BCUT2D eigenvalue weighted by atomic mass is 35.5. The summed E-state index contributed by atoms with van der Waals surface area (Å²) in [5, 5.41) is 2.35. The molecule has 1 aromatic rings. The minimum atomic E-state index is -0.996. The van der Waals surface area contributed by atoms with E-state index in [0.717, 1.165) is 18.6 Å². The molecule has 20 heavy (non-hydrogen) atoms. The van der Waals surface area contributed by atoms with E-state index in [1.54, 1.807) is 0 Å². The van der Waals surface area contributed by atoms with Crippen molar-refractivity contribution in [3.63, 3.8) is 0 Å². The zero-order valence-corrected chi connectivity index (χ0v) is 12.5. The Labute approximate surface area is 126 Å². The molecule has 0 aliphatic rings. The number of amides is 1. The number of benzene rings is 1. The smallest absolute Gasteiger partial charge is 0.340 e. The third-order valence-electron chi connectivity index (χ3n) is 2.43. The average molecular weight is 322 g/mol. The molecule has 4 nitrogen and oxygen atoms in total. The molecule has 0 aromatic heterocycles. The van der Waals surface area contributed by atoms with Crippen LogP contribution in [-0.2, 0) is 9.53 Å². The summed E-state index contributed by atoms with van der Waals surface area (Å²) >= 11 is 11.3. The summed E-state index contributed by atoms with van der Waals surface area (Å²) in [4.78, 5) is 23.4. The second-order valence-corrected chi connectivity index (χ2v) is 4.90. The van der Waals surface area contributed by atoms with Crippen LogP contribution in [0.4, 0.5) is 4.39 Å². The summed E-state index contributed by atoms with van der Waals surface area (Å²) in [6.45, 7) is 3.80. The van der Waals surface area contributed by atoms with Crippen LogP contribution in [-0.4, -0.2) is 24.5 Å². The highest BCUT2D eigenvalue weighted by Gasteiger charge is 2.21. The van der Waals surface area contributed by atoms with Crippen molar-refractivity contribution in [1.82, 2.24) is 5.32 Å². The fourth-order valence-electron chi connectivity index (χ4n) is 1.35. The monoisotopic (exact) mass is 321 g/mol. The van der Waals surface area contributed by atoms with Crippen molar-refractivity contribution in [1.29, 1.82) is 0 Å². The van der Waals surface area contributed by atoms with E-state index in [9.17, 15) is 14.0 Å². The second kappa shape index (κ2) is 7.45. The molecule has 1 aromatic carbocycles. The molecule has 0 heterocycles. The maximum atomic E-state index is 13.3. The van der Waals surface area contributed by atoms with Gasteiger partial charge in [-0.25, -0.2) is 9.18 Å². The van der Waals surface area contributed by atoms with Gasteiger partial charge in [0.1, 0.15) is 5.82 Å². The fourth-order valence-corrected chi connectivity index (χ4v) is 1.81. The zero-order valence-electron chi connectivity index (χ0n) is 11.0. The maximum Gasteiger partial charge on any atom is 0.340 e. The molecule has 0 fully saturated rings. The summed E-state index contributed by atoms with van der Waals surface area (Å²) in [5.74, 6) is -2.10. The first-order valence-corrected chi connectivity index (χ1v) is 6.75. The Balaban J connectivity index is 2.76. The molecule has 1 N–H and O–H groups in total. The van der Waals surface area contributed by atoms with Gasteiger partial charge in [0, 0.05) is 6.54 Å². The lowest BCUT2D eigenvalue weighted by molar-refractivity contribution is -0.129. The Bertz CT molecular complexity index is 523. The summed E-state index contributed by atoms with van der Waals surface area (Å²) in [6.07, 6.45) is -0.232. The lowest BCUT2D eigenvalue weighted by Gasteiger charge is -2.13. The quantitative estimate of drug-likeness (QED) is 0.669. The van der Waals surface area contributed by atoms with Gasteiger partial charge in [0.05, 0.1) is 15.6 Å². The van der Waals surface area contributed by atoms with E-state index >= 15 is 0 Å². The van der Waals surface area contributed by atoms with Crippen molar-refractivity contribution < 1.29 is 18.7 Å². The molecule has 0 radical (unpaired) electrons. The van der Waals surface area contributed by atoms with E-state index in [-0.39, 0.29) is 15.6 Å². The van der Waals surface area contributed by atoms with Gasteiger partial charge in [0.2, 0.25) is 0 Å². The predicted octanol–water partition coefficient (Wildman–Crippen LogP) is 3.20. The van der Waals surface area contributed by atoms with Gasteiger partial charge in [-0.3, -0.25) is 4.79 Å². The lowest BCUT2D eigenvalue weighted by Crippen LogP contribution is -2.36. The van der Waals surface area contributed by atoms with Gasteiger partial charge in [0.25, 0.3) is 5.91 Å². The van der Waals surface area contributed by atoms with Crippen molar-refractivity contribution in [3.8, 4) is 0 Å². The van der Waals surface area contributed by atoms with Crippen molar-refractivity contribution in [2.75, 3.05) is 6.54 Å². The number of rotatable bonds is 5. The predicted molar refractivity (Wildman–Crippen MR) is 74.6 cm³/mol. The van der Waals surface area contributed by atoms with E-state index in [1.807, 2.05) is 6.92 Å². The van der Waals surface area contributed by atoms with Crippen LogP contribution in [0.1, 0.15) is 30.6 Å². The molecule has 0 unspecified atom stereocenters. The molecular weight excluding hydrogens is 308 g/mol. The van der Waals surface area contributed by atoms with Gasteiger partial charge in [0.15, 0.2) is 6.10 Å². The van der Waals surface area contributed by atoms with Crippen LogP contribution >= 0.6 is 23.2 Å². The first kappa shape index (κ1) is 16.7. The van der Waals surface area contributed by atoms with E-state index in [1.165, 1.54) is 6.92 Å². The molecule has 0 saturated carbocycles. The van der Waals surface area contributed by atoms with Gasteiger partial charge < -0.3 is 10.1 Å². The van der Waals surface area contributed by atoms with Crippen LogP contribution in [0.3, 0.4) is 0 Å². The first-order chi connectivity index (χ1) is 9.36. The van der Waals surface area contributed by atoms with Crippen LogP contribution in [0.25, 0.3) is 0 Å². The average Bonchev–Trinajstić information content (AvgIpc) is 2.39. The van der Waals surface area contributed by atoms with Crippen LogP contribution in [0.5, 0.6) is 0 Å². The van der Waals surface area contributed by atoms with Crippen molar-refractivity contribution in [3.05, 3.63) is 33.6 Å². The molecule has 1 rings (SSSR count). The minimum Gasteiger partial charge on any atom is -0.449 e. The number of esters is 1. The van der Waals surface area contributed by atoms with E-state index in [0.29, 0.717) is 6.54 Å². The highest BCUT2D eigenvalue weighted by molar-refractivity contribution is 6.36. The number of hydrogen-bond donors (Lipinski definition) is 1. The number of nitrogens with one attached hydrogen (secondary N) is 1. The van der Waals surface area contributed by atoms with Crippen molar-refractivity contribution >= 4 is 35.1 Å². The third-order valence-corrected chi connectivity index (χ3v) is 3.03. The molecule has 7 heteroatoms. The molecule has 0 saturated heterocycles. The minimum absolute atomic E-state index is 0.0393. The molecule has 0 bridgehead atoms. The van der Waals surface area contributed by atoms with Crippen LogP contribution in [0, 0.1) is 5.82 Å². The maximum absolute atomic E-state index is 13.3. The van der Waals surface area contributed by atoms with Crippen molar-refractivity contribution in [2.24, 2.45) is 0 Å². The highest BCUT2D eigenvalue weighted by Crippen LogP contribution is 2.25. The normalized spacial score (nSPS) is 11.8. The molecule has 0 aliphatic carbocycles. The van der Waals surface area contributed by atoms with Crippen molar-refractivity contribution in [2.45, 2.75) is 26.4 Å². The topological polar surface area (TPSA) is 55.4 Å². The molecule has 1 atom stereocenters. The summed E-state index contributed by atoms with van der Waals surface area (Å²) in [5.41, 5.74) is -0.177.